The zero-order valence-corrected chi connectivity index (χ0v) is 5.35. The van der Waals surface area contributed by atoms with Crippen LogP contribution in [0.3, 0.4) is 0 Å². The van der Waals surface area contributed by atoms with Crippen molar-refractivity contribution in [2.24, 2.45) is 0 Å². The summed E-state index contributed by atoms with van der Waals surface area (Å²) < 4.78 is 27.8. The summed E-state index contributed by atoms with van der Waals surface area (Å²) in [5, 5.41) is 3.48. The molecule has 1 radical (unpaired) electrons. The molecule has 4 nitrogen and oxygen atoms in total. The average molecular weight is 138 g/mol. The lowest BCUT2D eigenvalue weighted by molar-refractivity contribution is 0.481. The average Bonchev–Trinajstić information content (AvgIpc) is 1.59. The quantitative estimate of drug-likeness (QED) is 0.514. The smallest absolute Gasteiger partial charge is 0.266 e. The van der Waals surface area contributed by atoms with E-state index in [2.05, 4.69) is 5.32 Å². The maximum atomic E-state index is 9.89. The van der Waals surface area contributed by atoms with Gasteiger partial charge in [0.15, 0.2) is 0 Å². The molecule has 0 saturated carbocycles. The second kappa shape index (κ2) is 3.01. The van der Waals surface area contributed by atoms with Crippen LogP contribution in [0.2, 0.25) is 0 Å². The standard InChI is InChI=1S/C3H8NO3S/c1-4-2-3-8(5,6)7/h2-3H2,1H3,(H,5,6,7). The third-order valence-corrected chi connectivity index (χ3v) is 1.27. The van der Waals surface area contributed by atoms with Crippen LogP contribution in [0.1, 0.15) is 0 Å². The van der Waals surface area contributed by atoms with Gasteiger partial charge in [0.1, 0.15) is 0 Å². The minimum atomic E-state index is -3.78. The van der Waals surface area contributed by atoms with E-state index < -0.39 is 10.1 Å². The van der Waals surface area contributed by atoms with E-state index in [1.165, 1.54) is 7.05 Å². The molecule has 0 aromatic rings. The van der Waals surface area contributed by atoms with Gasteiger partial charge < -0.3 is 0 Å². The fraction of sp³-hybridized carbons (Fsp3) is 1.00. The molecule has 8 heavy (non-hydrogen) atoms. The number of hydrogen-bond donors (Lipinski definition) is 1. The third-order valence-electron chi connectivity index (χ3n) is 0.573. The van der Waals surface area contributed by atoms with Gasteiger partial charge in [-0.2, -0.15) is 8.42 Å². The molecule has 0 unspecified atom stereocenters. The zero-order chi connectivity index (χ0) is 6.62. The topological polar surface area (TPSA) is 68.5 Å². The lowest BCUT2D eigenvalue weighted by atomic mass is 10.8. The summed E-state index contributed by atoms with van der Waals surface area (Å²) in [6, 6.07) is 0. The molecule has 0 heterocycles. The van der Waals surface area contributed by atoms with Gasteiger partial charge in [-0.05, 0) is 0 Å². The molecule has 0 atom stereocenters. The van der Waals surface area contributed by atoms with Crippen LogP contribution in [0.5, 0.6) is 0 Å². The SMILES string of the molecule is C[N]CCS(=O)(=O)O. The molecule has 0 spiro atoms. The van der Waals surface area contributed by atoms with Crippen molar-refractivity contribution in [1.82, 2.24) is 5.32 Å². The van der Waals surface area contributed by atoms with E-state index in [4.69, 9.17) is 4.55 Å². The highest BCUT2D eigenvalue weighted by molar-refractivity contribution is 7.85. The lowest BCUT2D eigenvalue weighted by Gasteiger charge is -1.90. The predicted molar refractivity (Wildman–Crippen MR) is 29.3 cm³/mol. The van der Waals surface area contributed by atoms with Gasteiger partial charge in [0.05, 0.1) is 5.75 Å². The monoisotopic (exact) mass is 138 g/mol. The van der Waals surface area contributed by atoms with Crippen molar-refractivity contribution in [1.29, 1.82) is 0 Å². The minimum Gasteiger partial charge on any atom is -0.286 e. The van der Waals surface area contributed by atoms with Gasteiger partial charge in [0.2, 0.25) is 0 Å². The van der Waals surface area contributed by atoms with E-state index >= 15 is 0 Å². The first-order valence-corrected chi connectivity index (χ1v) is 3.68. The Morgan fingerprint density at radius 1 is 1.62 bits per heavy atom. The summed E-state index contributed by atoms with van der Waals surface area (Å²) in [6.07, 6.45) is 0. The number of rotatable bonds is 3. The van der Waals surface area contributed by atoms with Crippen LogP contribution >= 0.6 is 0 Å². The molecule has 0 fully saturated rings. The molecule has 0 rings (SSSR count). The van der Waals surface area contributed by atoms with Gasteiger partial charge in [-0.15, -0.1) is 0 Å². The van der Waals surface area contributed by atoms with Crippen molar-refractivity contribution < 1.29 is 13.0 Å². The van der Waals surface area contributed by atoms with Gasteiger partial charge in [-0.1, -0.05) is 0 Å². The first kappa shape index (κ1) is 7.87. The second-order valence-corrected chi connectivity index (χ2v) is 2.90. The van der Waals surface area contributed by atoms with Crippen LogP contribution in [0.15, 0.2) is 0 Å². The predicted octanol–water partition coefficient (Wildman–Crippen LogP) is -0.892. The Balaban J connectivity index is 3.42. The number of hydrogen-bond acceptors (Lipinski definition) is 2. The Labute approximate surface area is 48.6 Å². The Kier molecular flexibility index (Phi) is 2.96. The molecule has 1 N–H and O–H groups in total. The molecule has 49 valence electrons. The summed E-state index contributed by atoms with van der Waals surface area (Å²) in [5.41, 5.74) is 0. The van der Waals surface area contributed by atoms with Crippen LogP contribution < -0.4 is 5.32 Å². The minimum absolute atomic E-state index is 0.166. The van der Waals surface area contributed by atoms with Gasteiger partial charge in [-0.25, -0.2) is 5.32 Å². The second-order valence-electron chi connectivity index (χ2n) is 1.33. The maximum absolute atomic E-state index is 9.89. The highest BCUT2D eigenvalue weighted by atomic mass is 32.2. The van der Waals surface area contributed by atoms with Crippen LogP contribution in [0.4, 0.5) is 0 Å². The molecule has 0 aliphatic carbocycles. The first-order valence-electron chi connectivity index (χ1n) is 2.07. The lowest BCUT2D eigenvalue weighted by Crippen LogP contribution is -2.13. The van der Waals surface area contributed by atoms with E-state index in [-0.39, 0.29) is 12.3 Å². The van der Waals surface area contributed by atoms with Gasteiger partial charge >= 0.3 is 0 Å². The van der Waals surface area contributed by atoms with E-state index in [1.54, 1.807) is 0 Å². The van der Waals surface area contributed by atoms with Gasteiger partial charge in [0, 0.05) is 13.6 Å². The highest BCUT2D eigenvalue weighted by Crippen LogP contribution is 1.77. The van der Waals surface area contributed by atoms with Crippen molar-refractivity contribution in [2.75, 3.05) is 19.3 Å². The van der Waals surface area contributed by atoms with Gasteiger partial charge in [-0.3, -0.25) is 4.55 Å². The largest absolute Gasteiger partial charge is 0.286 e. The molecule has 0 aliphatic heterocycles. The first-order chi connectivity index (χ1) is 3.56. The van der Waals surface area contributed by atoms with Crippen LogP contribution in [0, 0.1) is 0 Å². The van der Waals surface area contributed by atoms with Crippen LogP contribution in [-0.2, 0) is 10.1 Å². The number of nitrogens with zero attached hydrogens (tertiary/aromatic N) is 1. The molecule has 0 aromatic heterocycles. The Morgan fingerprint density at radius 2 is 2.12 bits per heavy atom. The van der Waals surface area contributed by atoms with E-state index in [1.807, 2.05) is 0 Å². The molecule has 0 aliphatic rings. The van der Waals surface area contributed by atoms with Crippen molar-refractivity contribution in [3.8, 4) is 0 Å². The van der Waals surface area contributed by atoms with E-state index in [0.29, 0.717) is 0 Å². The van der Waals surface area contributed by atoms with Crippen molar-refractivity contribution in [3.05, 3.63) is 0 Å². The fourth-order valence-electron chi connectivity index (χ4n) is 0.207. The van der Waals surface area contributed by atoms with Gasteiger partial charge in [0.25, 0.3) is 10.1 Å². The molecule has 5 heteroatoms. The molecule has 0 amide bonds. The van der Waals surface area contributed by atoms with E-state index in [0.717, 1.165) is 0 Å². The molecular formula is C3H8NO3S. The summed E-state index contributed by atoms with van der Waals surface area (Å²) in [4.78, 5) is 0. The Bertz CT molecular complexity index is 139. The Morgan fingerprint density at radius 3 is 2.25 bits per heavy atom. The third kappa shape index (κ3) is 5.87. The maximum Gasteiger partial charge on any atom is 0.266 e. The van der Waals surface area contributed by atoms with Crippen molar-refractivity contribution in [3.63, 3.8) is 0 Å². The highest BCUT2D eigenvalue weighted by Gasteiger charge is 2.00. The summed E-state index contributed by atoms with van der Waals surface area (Å²) >= 11 is 0. The van der Waals surface area contributed by atoms with Crippen molar-refractivity contribution in [2.45, 2.75) is 0 Å². The normalized spacial score (nSPS) is 11.8. The summed E-state index contributed by atoms with van der Waals surface area (Å²) in [6.45, 7) is 0.166. The van der Waals surface area contributed by atoms with Crippen molar-refractivity contribution >= 4 is 10.1 Å². The van der Waals surface area contributed by atoms with E-state index in [9.17, 15) is 8.42 Å². The van der Waals surface area contributed by atoms with Crippen LogP contribution in [-0.4, -0.2) is 32.3 Å². The molecule has 0 bridgehead atoms. The summed E-state index contributed by atoms with van der Waals surface area (Å²) in [7, 11) is -2.29. The summed E-state index contributed by atoms with van der Waals surface area (Å²) in [5.74, 6) is -0.274. The molecule has 0 aromatic carbocycles. The Hall–Kier alpha value is -0.130. The zero-order valence-electron chi connectivity index (χ0n) is 4.53. The molecule has 0 saturated heterocycles. The van der Waals surface area contributed by atoms with Crippen LogP contribution in [0.25, 0.3) is 0 Å². The molecular weight excluding hydrogens is 130 g/mol. The fourth-order valence-corrected chi connectivity index (χ4v) is 0.620.